The first-order chi connectivity index (χ1) is 18.4. The highest BCUT2D eigenvalue weighted by atomic mass is 32.1. The number of piperazine rings is 1. The van der Waals surface area contributed by atoms with E-state index in [0.717, 1.165) is 50.9 Å². The largest absolute Gasteiger partial charge is 0.368 e. The number of anilines is 4. The van der Waals surface area contributed by atoms with E-state index in [1.807, 2.05) is 0 Å². The number of aromatic nitrogens is 2. The molecule has 1 aromatic heterocycles. The molecule has 3 aromatic rings. The maximum atomic E-state index is 5.63. The molecule has 0 aliphatic carbocycles. The maximum Gasteiger partial charge on any atom is 0.232 e. The van der Waals surface area contributed by atoms with Gasteiger partial charge in [-0.2, -0.15) is 9.97 Å². The minimum absolute atomic E-state index is 0.531. The lowest BCUT2D eigenvalue weighted by molar-refractivity contribution is 0.355. The van der Waals surface area contributed by atoms with Crippen molar-refractivity contribution in [3.05, 3.63) is 71.8 Å². The second kappa shape index (κ2) is 12.0. The van der Waals surface area contributed by atoms with E-state index in [-0.39, 0.29) is 0 Å². The van der Waals surface area contributed by atoms with Gasteiger partial charge in [0.2, 0.25) is 5.95 Å². The zero-order chi connectivity index (χ0) is 26.5. The Kier molecular flexibility index (Phi) is 8.27. The van der Waals surface area contributed by atoms with E-state index in [0.29, 0.717) is 29.4 Å². The topological polar surface area (TPSA) is 59.6 Å². The highest BCUT2D eigenvalue weighted by molar-refractivity contribution is 7.80. The third-order valence-corrected chi connectivity index (χ3v) is 7.66. The molecule has 5 rings (SSSR count). The quantitative estimate of drug-likeness (QED) is 0.429. The lowest BCUT2D eigenvalue weighted by Gasteiger charge is -2.38. The van der Waals surface area contributed by atoms with Crippen molar-refractivity contribution in [2.24, 2.45) is 11.8 Å². The summed E-state index contributed by atoms with van der Waals surface area (Å²) in [5, 5.41) is 7.11. The molecule has 0 radical (unpaired) electrons. The molecular formula is C30H39N7S. The second-order valence-corrected chi connectivity index (χ2v) is 11.3. The molecule has 38 heavy (non-hydrogen) atoms. The van der Waals surface area contributed by atoms with Gasteiger partial charge in [0.05, 0.1) is 0 Å². The summed E-state index contributed by atoms with van der Waals surface area (Å²) in [5.74, 6) is 3.76. The van der Waals surface area contributed by atoms with Crippen LogP contribution in [-0.2, 0) is 6.54 Å². The van der Waals surface area contributed by atoms with Crippen molar-refractivity contribution < 1.29 is 0 Å². The third kappa shape index (κ3) is 6.72. The van der Waals surface area contributed by atoms with E-state index < -0.39 is 0 Å². The summed E-state index contributed by atoms with van der Waals surface area (Å²) in [5.41, 5.74) is 3.71. The minimum Gasteiger partial charge on any atom is -0.368 e. The number of rotatable bonds is 6. The summed E-state index contributed by atoms with van der Waals surface area (Å²) >= 11 is 5.63. The van der Waals surface area contributed by atoms with Crippen LogP contribution in [0.2, 0.25) is 0 Å². The monoisotopic (exact) mass is 529 g/mol. The van der Waals surface area contributed by atoms with Crippen molar-refractivity contribution >= 4 is 40.6 Å². The smallest absolute Gasteiger partial charge is 0.232 e. The molecule has 2 N–H and O–H groups in total. The number of hydrogen-bond acceptors (Lipinski definition) is 6. The zero-order valence-electron chi connectivity index (χ0n) is 22.7. The summed E-state index contributed by atoms with van der Waals surface area (Å²) in [6.07, 6.45) is 1.26. The standard InChI is InChI=1S/C30H39N7S/c1-22-9-11-25(12-10-22)19-31-30(38)34-29-32-27(18-28(33-29)37-20-23(2)17-24(3)21-37)36-15-13-35(14-16-36)26-7-5-4-6-8-26/h4-12,18,23-24H,13-17,19-21H2,1-3H3,(H2,31,32,33,34,38). The Morgan fingerprint density at radius 1 is 0.842 bits per heavy atom. The molecule has 2 unspecified atom stereocenters. The average Bonchev–Trinajstić information content (AvgIpc) is 2.93. The van der Waals surface area contributed by atoms with Crippen LogP contribution in [0.1, 0.15) is 31.4 Å². The van der Waals surface area contributed by atoms with Gasteiger partial charge in [0.15, 0.2) is 5.11 Å². The Morgan fingerprint density at radius 2 is 1.45 bits per heavy atom. The van der Waals surface area contributed by atoms with Crippen molar-refractivity contribution in [1.29, 1.82) is 0 Å². The van der Waals surface area contributed by atoms with Gasteiger partial charge in [0, 0.05) is 57.6 Å². The van der Waals surface area contributed by atoms with Gasteiger partial charge in [-0.25, -0.2) is 0 Å². The first-order valence-corrected chi connectivity index (χ1v) is 14.1. The van der Waals surface area contributed by atoms with Crippen molar-refractivity contribution in [3.8, 4) is 0 Å². The molecule has 200 valence electrons. The number of nitrogens with one attached hydrogen (secondary N) is 2. The number of piperidine rings is 1. The van der Waals surface area contributed by atoms with Gasteiger partial charge in [-0.05, 0) is 55.1 Å². The normalized spacial score (nSPS) is 19.8. The number of benzene rings is 2. The maximum absolute atomic E-state index is 5.63. The van der Waals surface area contributed by atoms with Crippen LogP contribution in [0.15, 0.2) is 60.7 Å². The summed E-state index contributed by atoms with van der Waals surface area (Å²) in [7, 11) is 0. The first-order valence-electron chi connectivity index (χ1n) is 13.7. The molecule has 2 fully saturated rings. The molecule has 2 aromatic carbocycles. The summed E-state index contributed by atoms with van der Waals surface area (Å²) in [6, 6.07) is 21.3. The molecule has 0 bridgehead atoms. The van der Waals surface area contributed by atoms with Crippen LogP contribution < -0.4 is 25.3 Å². The second-order valence-electron chi connectivity index (χ2n) is 10.9. The van der Waals surface area contributed by atoms with Crippen molar-refractivity contribution in [2.45, 2.75) is 33.7 Å². The number of aryl methyl sites for hydroxylation is 1. The summed E-state index contributed by atoms with van der Waals surface area (Å²) in [6.45, 7) is 13.2. The molecule has 0 amide bonds. The third-order valence-electron chi connectivity index (χ3n) is 7.42. The Labute approximate surface area is 232 Å². The number of hydrogen-bond donors (Lipinski definition) is 2. The predicted molar refractivity (Wildman–Crippen MR) is 162 cm³/mol. The van der Waals surface area contributed by atoms with Crippen LogP contribution in [0.3, 0.4) is 0 Å². The Bertz CT molecular complexity index is 1200. The van der Waals surface area contributed by atoms with Crippen LogP contribution >= 0.6 is 12.2 Å². The average molecular weight is 530 g/mol. The van der Waals surface area contributed by atoms with E-state index in [9.17, 15) is 0 Å². The molecular weight excluding hydrogens is 490 g/mol. The number of para-hydroxylation sites is 1. The van der Waals surface area contributed by atoms with E-state index in [1.54, 1.807) is 0 Å². The van der Waals surface area contributed by atoms with Gasteiger partial charge in [-0.15, -0.1) is 0 Å². The highest BCUT2D eigenvalue weighted by Gasteiger charge is 2.25. The molecule has 2 saturated heterocycles. The minimum atomic E-state index is 0.531. The summed E-state index contributed by atoms with van der Waals surface area (Å²) in [4.78, 5) is 17.1. The summed E-state index contributed by atoms with van der Waals surface area (Å²) < 4.78 is 0. The van der Waals surface area contributed by atoms with E-state index in [1.165, 1.54) is 23.2 Å². The van der Waals surface area contributed by atoms with Crippen LogP contribution in [-0.4, -0.2) is 54.3 Å². The van der Waals surface area contributed by atoms with E-state index >= 15 is 0 Å². The Morgan fingerprint density at radius 3 is 2.11 bits per heavy atom. The molecule has 2 aliphatic rings. The van der Waals surface area contributed by atoms with Crippen LogP contribution in [0.4, 0.5) is 23.3 Å². The predicted octanol–water partition coefficient (Wildman–Crippen LogP) is 5.08. The Balaban J connectivity index is 1.31. The SMILES string of the molecule is Cc1ccc(CNC(=S)Nc2nc(N3CCN(c4ccccc4)CC3)cc(N3CC(C)CC(C)C3)n2)cc1. The molecule has 0 saturated carbocycles. The van der Waals surface area contributed by atoms with Gasteiger partial charge < -0.3 is 25.3 Å². The van der Waals surface area contributed by atoms with Crippen molar-refractivity contribution in [2.75, 3.05) is 59.3 Å². The fourth-order valence-electron chi connectivity index (χ4n) is 5.52. The Hall–Kier alpha value is -3.39. The fraction of sp³-hybridized carbons (Fsp3) is 0.433. The molecule has 7 nitrogen and oxygen atoms in total. The van der Waals surface area contributed by atoms with E-state index in [4.69, 9.17) is 22.2 Å². The highest BCUT2D eigenvalue weighted by Crippen LogP contribution is 2.29. The number of nitrogens with zero attached hydrogens (tertiary/aromatic N) is 5. The lowest BCUT2D eigenvalue weighted by atomic mass is 9.92. The van der Waals surface area contributed by atoms with Crippen molar-refractivity contribution in [3.63, 3.8) is 0 Å². The van der Waals surface area contributed by atoms with Crippen LogP contribution in [0.5, 0.6) is 0 Å². The molecule has 3 heterocycles. The van der Waals surface area contributed by atoms with Crippen LogP contribution in [0, 0.1) is 18.8 Å². The molecule has 8 heteroatoms. The van der Waals surface area contributed by atoms with Gasteiger partial charge in [-0.1, -0.05) is 61.9 Å². The molecule has 2 aliphatic heterocycles. The van der Waals surface area contributed by atoms with Gasteiger partial charge in [0.1, 0.15) is 11.6 Å². The molecule has 0 spiro atoms. The van der Waals surface area contributed by atoms with Gasteiger partial charge in [0.25, 0.3) is 0 Å². The zero-order valence-corrected chi connectivity index (χ0v) is 23.5. The van der Waals surface area contributed by atoms with Gasteiger partial charge >= 0.3 is 0 Å². The lowest BCUT2D eigenvalue weighted by Crippen LogP contribution is -2.47. The number of thiocarbonyl (C=S) groups is 1. The van der Waals surface area contributed by atoms with Gasteiger partial charge in [-0.3, -0.25) is 0 Å². The van der Waals surface area contributed by atoms with Crippen molar-refractivity contribution in [1.82, 2.24) is 15.3 Å². The first kappa shape index (κ1) is 26.2. The van der Waals surface area contributed by atoms with Crippen LogP contribution in [0.25, 0.3) is 0 Å². The molecule has 2 atom stereocenters. The fourth-order valence-corrected chi connectivity index (χ4v) is 5.68. The van der Waals surface area contributed by atoms with E-state index in [2.05, 4.69) is 107 Å².